The molecule has 0 unspecified atom stereocenters. The van der Waals surface area contributed by atoms with Crippen LogP contribution in [0.25, 0.3) is 22.1 Å². The van der Waals surface area contributed by atoms with Gasteiger partial charge in [-0.25, -0.2) is 15.0 Å². The predicted octanol–water partition coefficient (Wildman–Crippen LogP) is 5.32. The topological polar surface area (TPSA) is 67.0 Å². The van der Waals surface area contributed by atoms with Crippen LogP contribution in [-0.4, -0.2) is 43.1 Å². The molecule has 3 atom stereocenters. The summed E-state index contributed by atoms with van der Waals surface area (Å²) in [6.45, 7) is 3.93. The first-order valence-corrected chi connectivity index (χ1v) is 11.8. The van der Waals surface area contributed by atoms with E-state index in [0.717, 1.165) is 47.8 Å². The number of aryl methyl sites for hydroxylation is 2. The van der Waals surface area contributed by atoms with E-state index in [2.05, 4.69) is 48.5 Å². The van der Waals surface area contributed by atoms with E-state index in [-0.39, 0.29) is 12.1 Å². The van der Waals surface area contributed by atoms with Crippen molar-refractivity contribution in [2.24, 2.45) is 13.0 Å². The molecule has 0 N–H and O–H groups in total. The van der Waals surface area contributed by atoms with Gasteiger partial charge in [0.1, 0.15) is 17.1 Å². The van der Waals surface area contributed by atoms with Gasteiger partial charge in [-0.05, 0) is 69.2 Å². The molecule has 33 heavy (non-hydrogen) atoms. The van der Waals surface area contributed by atoms with Gasteiger partial charge in [-0.15, -0.1) is 0 Å². The number of ether oxygens (including phenoxy) is 2. The van der Waals surface area contributed by atoms with Crippen LogP contribution in [-0.2, 0) is 22.9 Å². The predicted molar refractivity (Wildman–Crippen MR) is 129 cm³/mol. The molecule has 3 heterocycles. The third-order valence-electron chi connectivity index (χ3n) is 6.95. The van der Waals surface area contributed by atoms with Crippen LogP contribution in [0.1, 0.15) is 44.7 Å². The zero-order valence-corrected chi connectivity index (χ0v) is 20.3. The Bertz CT molecular complexity index is 1280. The lowest BCUT2D eigenvalue weighted by atomic mass is 9.97. The average Bonchev–Trinajstić information content (AvgIpc) is 3.49. The van der Waals surface area contributed by atoms with Crippen LogP contribution >= 0.6 is 11.6 Å². The zero-order valence-electron chi connectivity index (χ0n) is 19.5. The summed E-state index contributed by atoms with van der Waals surface area (Å²) < 4.78 is 16.3. The van der Waals surface area contributed by atoms with Crippen molar-refractivity contribution in [3.05, 3.63) is 53.8 Å². The van der Waals surface area contributed by atoms with Crippen molar-refractivity contribution in [1.29, 1.82) is 0 Å². The number of hydrogen-bond donors (Lipinski definition) is 0. The van der Waals surface area contributed by atoms with Gasteiger partial charge in [-0.1, -0.05) is 17.7 Å². The van der Waals surface area contributed by atoms with Crippen molar-refractivity contribution in [2.75, 3.05) is 7.11 Å². The van der Waals surface area contributed by atoms with Crippen molar-refractivity contribution in [3.63, 3.8) is 0 Å². The second kappa shape index (κ2) is 8.70. The normalized spacial score (nSPS) is 21.4. The van der Waals surface area contributed by atoms with Crippen LogP contribution in [0.2, 0.25) is 5.15 Å². The SMILES string of the molecule is COC(C)(C)O[C@@H]1C[C@@H](CCc2ccc3c(c2)ncn3C)C[C@H]1n1ccc2c(Cl)ncnc21. The highest BCUT2D eigenvalue weighted by Gasteiger charge is 2.39. The Morgan fingerprint density at radius 3 is 2.82 bits per heavy atom. The number of rotatable bonds is 7. The molecule has 5 rings (SSSR count). The summed E-state index contributed by atoms with van der Waals surface area (Å²) >= 11 is 6.31. The van der Waals surface area contributed by atoms with Gasteiger partial charge >= 0.3 is 0 Å². The monoisotopic (exact) mass is 467 g/mol. The molecule has 0 saturated heterocycles. The Hall–Kier alpha value is -2.48. The molecule has 0 amide bonds. The molecular formula is C25H30ClN5O2. The molecule has 3 aromatic heterocycles. The van der Waals surface area contributed by atoms with Gasteiger partial charge in [-0.2, -0.15) is 0 Å². The quantitative estimate of drug-likeness (QED) is 0.271. The van der Waals surface area contributed by atoms with Crippen molar-refractivity contribution in [1.82, 2.24) is 24.1 Å². The van der Waals surface area contributed by atoms with E-state index >= 15 is 0 Å². The molecule has 0 aliphatic heterocycles. The fourth-order valence-corrected chi connectivity index (χ4v) is 5.25. The maximum absolute atomic E-state index is 6.47. The van der Waals surface area contributed by atoms with Crippen LogP contribution in [0.3, 0.4) is 0 Å². The minimum Gasteiger partial charge on any atom is -0.354 e. The van der Waals surface area contributed by atoms with E-state index in [1.54, 1.807) is 7.11 Å². The largest absolute Gasteiger partial charge is 0.354 e. The standard InChI is InChI=1S/C25H30ClN5O2/c1-25(2,32-4)33-22-13-17(6-5-16-7-8-20-19(11-16)29-15-30(20)3)12-21(22)31-10-9-18-23(26)27-14-28-24(18)31/h7-11,14-15,17,21-22H,5-6,12-13H2,1-4H3/t17-,21+,22+/m0/s1. The van der Waals surface area contributed by atoms with E-state index in [1.165, 1.54) is 11.9 Å². The Morgan fingerprint density at radius 2 is 2.00 bits per heavy atom. The van der Waals surface area contributed by atoms with E-state index in [1.807, 2.05) is 33.3 Å². The first-order valence-electron chi connectivity index (χ1n) is 11.4. The Morgan fingerprint density at radius 1 is 1.15 bits per heavy atom. The van der Waals surface area contributed by atoms with Crippen LogP contribution in [0, 0.1) is 5.92 Å². The molecule has 1 saturated carbocycles. The summed E-state index contributed by atoms with van der Waals surface area (Å²) in [5.74, 6) is -0.126. The minimum absolute atomic E-state index is 0.0209. The summed E-state index contributed by atoms with van der Waals surface area (Å²) in [7, 11) is 3.71. The molecule has 1 aliphatic rings. The molecule has 174 valence electrons. The Kier molecular flexibility index (Phi) is 5.89. The number of hydrogen-bond acceptors (Lipinski definition) is 5. The number of fused-ring (bicyclic) bond motifs is 2. The molecule has 0 radical (unpaired) electrons. The molecule has 0 spiro atoms. The van der Waals surface area contributed by atoms with Crippen molar-refractivity contribution in [2.45, 2.75) is 57.5 Å². The van der Waals surface area contributed by atoms with Crippen LogP contribution < -0.4 is 0 Å². The molecule has 1 fully saturated rings. The molecule has 7 nitrogen and oxygen atoms in total. The number of nitrogens with zero attached hydrogens (tertiary/aromatic N) is 5. The van der Waals surface area contributed by atoms with Crippen molar-refractivity contribution >= 4 is 33.7 Å². The van der Waals surface area contributed by atoms with E-state index in [0.29, 0.717) is 11.1 Å². The lowest BCUT2D eigenvalue weighted by molar-refractivity contribution is -0.228. The van der Waals surface area contributed by atoms with Gasteiger partial charge in [0.15, 0.2) is 5.79 Å². The van der Waals surface area contributed by atoms with Gasteiger partial charge in [0.05, 0.1) is 34.9 Å². The maximum atomic E-state index is 6.47. The highest BCUT2D eigenvalue weighted by atomic mass is 35.5. The fourth-order valence-electron chi connectivity index (χ4n) is 5.06. The average molecular weight is 468 g/mol. The van der Waals surface area contributed by atoms with Crippen LogP contribution in [0.4, 0.5) is 0 Å². The second-order valence-corrected chi connectivity index (χ2v) is 9.87. The van der Waals surface area contributed by atoms with Gasteiger partial charge < -0.3 is 18.6 Å². The minimum atomic E-state index is -0.655. The number of aromatic nitrogens is 5. The van der Waals surface area contributed by atoms with Crippen molar-refractivity contribution in [3.8, 4) is 0 Å². The van der Waals surface area contributed by atoms with Crippen molar-refractivity contribution < 1.29 is 9.47 Å². The fraction of sp³-hybridized carbons (Fsp3) is 0.480. The molecule has 1 aromatic carbocycles. The maximum Gasteiger partial charge on any atom is 0.162 e. The highest BCUT2D eigenvalue weighted by molar-refractivity contribution is 6.33. The molecule has 4 aromatic rings. The van der Waals surface area contributed by atoms with Gasteiger partial charge in [0.2, 0.25) is 0 Å². The smallest absolute Gasteiger partial charge is 0.162 e. The summed E-state index contributed by atoms with van der Waals surface area (Å²) in [5.41, 5.74) is 4.39. The summed E-state index contributed by atoms with van der Waals surface area (Å²) in [4.78, 5) is 13.1. The summed E-state index contributed by atoms with van der Waals surface area (Å²) in [5, 5.41) is 1.35. The number of benzene rings is 1. The lowest BCUT2D eigenvalue weighted by Crippen LogP contribution is -2.35. The molecular weight excluding hydrogens is 438 g/mol. The zero-order chi connectivity index (χ0) is 23.2. The highest BCUT2D eigenvalue weighted by Crippen LogP contribution is 2.42. The van der Waals surface area contributed by atoms with E-state index < -0.39 is 5.79 Å². The summed E-state index contributed by atoms with van der Waals surface area (Å²) in [6.07, 6.45) is 9.57. The van der Waals surface area contributed by atoms with Gasteiger partial charge in [-0.3, -0.25) is 0 Å². The third kappa shape index (κ3) is 4.37. The number of methoxy groups -OCH3 is 1. The lowest BCUT2D eigenvalue weighted by Gasteiger charge is -2.31. The van der Waals surface area contributed by atoms with E-state index in [4.69, 9.17) is 21.1 Å². The second-order valence-electron chi connectivity index (χ2n) is 9.51. The molecule has 8 heteroatoms. The number of imidazole rings is 1. The third-order valence-corrected chi connectivity index (χ3v) is 7.25. The summed E-state index contributed by atoms with van der Waals surface area (Å²) in [6, 6.07) is 8.74. The molecule has 0 bridgehead atoms. The first kappa shape index (κ1) is 22.3. The first-order chi connectivity index (χ1) is 15.8. The molecule has 1 aliphatic carbocycles. The van der Waals surface area contributed by atoms with Crippen LogP contribution in [0.5, 0.6) is 0 Å². The van der Waals surface area contributed by atoms with Gasteiger partial charge in [0.25, 0.3) is 0 Å². The number of halogens is 1. The van der Waals surface area contributed by atoms with Crippen LogP contribution in [0.15, 0.2) is 43.1 Å². The Balaban J connectivity index is 1.37. The Labute approximate surface area is 198 Å². The van der Waals surface area contributed by atoms with E-state index in [9.17, 15) is 0 Å². The van der Waals surface area contributed by atoms with Gasteiger partial charge in [0, 0.05) is 20.4 Å².